The van der Waals surface area contributed by atoms with Crippen LogP contribution in [0, 0.1) is 0 Å². The Morgan fingerprint density at radius 1 is 1.28 bits per heavy atom. The van der Waals surface area contributed by atoms with E-state index >= 15 is 0 Å². The molecule has 2 unspecified atom stereocenters. The summed E-state index contributed by atoms with van der Waals surface area (Å²) in [6.07, 6.45) is 0.980. The molecule has 1 aliphatic rings. The minimum Gasteiger partial charge on any atom is -0.353 e. The third-order valence-corrected chi connectivity index (χ3v) is 3.76. The van der Waals surface area contributed by atoms with E-state index < -0.39 is 0 Å². The summed E-state index contributed by atoms with van der Waals surface area (Å²) in [4.78, 5) is 16.4. The van der Waals surface area contributed by atoms with E-state index in [0.717, 1.165) is 32.6 Å². The van der Waals surface area contributed by atoms with E-state index in [1.54, 1.807) is 0 Å². The molecule has 0 spiro atoms. The molecule has 5 nitrogen and oxygen atoms in total. The van der Waals surface area contributed by atoms with Gasteiger partial charge in [-0.05, 0) is 20.3 Å². The van der Waals surface area contributed by atoms with Gasteiger partial charge in [0.1, 0.15) is 0 Å². The number of carbonyl (C=O) groups is 1. The van der Waals surface area contributed by atoms with Crippen molar-refractivity contribution < 1.29 is 4.79 Å². The first kappa shape index (κ1) is 15.4. The molecule has 1 fully saturated rings. The summed E-state index contributed by atoms with van der Waals surface area (Å²) in [6.45, 7) is 11.4. The minimum absolute atomic E-state index is 0.143. The Morgan fingerprint density at radius 2 is 1.89 bits per heavy atom. The summed E-state index contributed by atoms with van der Waals surface area (Å²) >= 11 is 0. The van der Waals surface area contributed by atoms with Gasteiger partial charge >= 0.3 is 0 Å². The third-order valence-electron chi connectivity index (χ3n) is 3.76. The first-order chi connectivity index (χ1) is 8.56. The predicted octanol–water partition coefficient (Wildman–Crippen LogP) is -0.134. The van der Waals surface area contributed by atoms with Gasteiger partial charge in [0, 0.05) is 44.8 Å². The van der Waals surface area contributed by atoms with Crippen LogP contribution in [0.2, 0.25) is 0 Å². The molecular formula is C13H28N4O. The SMILES string of the molecule is CCC(C)NC(=O)CN1CCN(C(C)CN)CC1. The summed E-state index contributed by atoms with van der Waals surface area (Å²) in [7, 11) is 0. The van der Waals surface area contributed by atoms with E-state index in [1.165, 1.54) is 0 Å². The fraction of sp³-hybridized carbons (Fsp3) is 0.923. The highest BCUT2D eigenvalue weighted by atomic mass is 16.2. The van der Waals surface area contributed by atoms with Gasteiger partial charge in [0.15, 0.2) is 0 Å². The summed E-state index contributed by atoms with van der Waals surface area (Å²) in [5.41, 5.74) is 5.67. The zero-order valence-electron chi connectivity index (χ0n) is 12.0. The molecule has 1 aliphatic heterocycles. The van der Waals surface area contributed by atoms with Gasteiger partial charge in [-0.1, -0.05) is 6.92 Å². The van der Waals surface area contributed by atoms with Crippen molar-refractivity contribution in [3.63, 3.8) is 0 Å². The van der Waals surface area contributed by atoms with E-state index in [9.17, 15) is 4.79 Å². The monoisotopic (exact) mass is 256 g/mol. The number of amides is 1. The number of nitrogens with two attached hydrogens (primary N) is 1. The second-order valence-corrected chi connectivity index (χ2v) is 5.27. The smallest absolute Gasteiger partial charge is 0.234 e. The predicted molar refractivity (Wildman–Crippen MR) is 74.4 cm³/mol. The van der Waals surface area contributed by atoms with Crippen molar-refractivity contribution in [1.82, 2.24) is 15.1 Å². The van der Waals surface area contributed by atoms with E-state index in [1.807, 2.05) is 6.92 Å². The largest absolute Gasteiger partial charge is 0.353 e. The maximum atomic E-state index is 11.8. The lowest BCUT2D eigenvalue weighted by atomic mass is 10.2. The van der Waals surface area contributed by atoms with Gasteiger partial charge in [0.25, 0.3) is 0 Å². The normalized spacial score (nSPS) is 21.6. The molecule has 5 heteroatoms. The summed E-state index contributed by atoms with van der Waals surface area (Å²) in [5.74, 6) is 0.143. The Morgan fingerprint density at radius 3 is 2.39 bits per heavy atom. The number of carbonyl (C=O) groups excluding carboxylic acids is 1. The van der Waals surface area contributed by atoms with Crippen molar-refractivity contribution in [2.24, 2.45) is 5.73 Å². The van der Waals surface area contributed by atoms with Crippen molar-refractivity contribution in [2.75, 3.05) is 39.3 Å². The molecule has 1 amide bonds. The van der Waals surface area contributed by atoms with Crippen LogP contribution in [0.1, 0.15) is 27.2 Å². The van der Waals surface area contributed by atoms with Gasteiger partial charge in [-0.2, -0.15) is 0 Å². The fourth-order valence-electron chi connectivity index (χ4n) is 2.14. The van der Waals surface area contributed by atoms with Crippen LogP contribution in [-0.4, -0.2) is 67.1 Å². The Hall–Kier alpha value is -0.650. The molecule has 18 heavy (non-hydrogen) atoms. The van der Waals surface area contributed by atoms with Crippen molar-refractivity contribution in [2.45, 2.75) is 39.3 Å². The maximum absolute atomic E-state index is 11.8. The third kappa shape index (κ3) is 4.92. The van der Waals surface area contributed by atoms with Gasteiger partial charge in [-0.3, -0.25) is 14.6 Å². The Labute approximate surface area is 111 Å². The molecule has 0 radical (unpaired) electrons. The Kier molecular flexibility index (Phi) is 6.60. The summed E-state index contributed by atoms with van der Waals surface area (Å²) < 4.78 is 0. The van der Waals surface area contributed by atoms with E-state index in [2.05, 4.69) is 29.0 Å². The van der Waals surface area contributed by atoms with Gasteiger partial charge in [0.05, 0.1) is 6.54 Å². The lowest BCUT2D eigenvalue weighted by Gasteiger charge is -2.37. The number of piperazine rings is 1. The molecule has 0 aliphatic carbocycles. The second-order valence-electron chi connectivity index (χ2n) is 5.27. The lowest BCUT2D eigenvalue weighted by Crippen LogP contribution is -2.53. The molecule has 1 heterocycles. The van der Waals surface area contributed by atoms with Crippen molar-refractivity contribution >= 4 is 5.91 Å². The molecular weight excluding hydrogens is 228 g/mol. The average Bonchev–Trinajstić information content (AvgIpc) is 2.38. The topological polar surface area (TPSA) is 61.6 Å². The Balaban J connectivity index is 2.25. The van der Waals surface area contributed by atoms with Crippen LogP contribution >= 0.6 is 0 Å². The first-order valence-corrected chi connectivity index (χ1v) is 7.02. The van der Waals surface area contributed by atoms with Crippen LogP contribution in [0.15, 0.2) is 0 Å². The van der Waals surface area contributed by atoms with Crippen molar-refractivity contribution in [1.29, 1.82) is 0 Å². The van der Waals surface area contributed by atoms with Crippen LogP contribution in [0.25, 0.3) is 0 Å². The van der Waals surface area contributed by atoms with E-state index in [-0.39, 0.29) is 11.9 Å². The number of nitrogens with zero attached hydrogens (tertiary/aromatic N) is 2. The molecule has 0 aromatic carbocycles. The molecule has 0 aromatic heterocycles. The summed E-state index contributed by atoms with van der Waals surface area (Å²) in [5, 5.41) is 3.01. The molecule has 2 atom stereocenters. The highest BCUT2D eigenvalue weighted by molar-refractivity contribution is 5.78. The second kappa shape index (κ2) is 7.71. The standard InChI is InChI=1S/C13H28N4O/c1-4-11(2)15-13(18)10-16-5-7-17(8-6-16)12(3)9-14/h11-12H,4-10,14H2,1-3H3,(H,15,18). The first-order valence-electron chi connectivity index (χ1n) is 7.02. The summed E-state index contributed by atoms with van der Waals surface area (Å²) in [6, 6.07) is 0.720. The molecule has 3 N–H and O–H groups in total. The van der Waals surface area contributed by atoms with E-state index in [0.29, 0.717) is 19.1 Å². The molecule has 1 rings (SSSR count). The number of nitrogens with one attached hydrogen (secondary N) is 1. The van der Waals surface area contributed by atoms with Crippen molar-refractivity contribution in [3.05, 3.63) is 0 Å². The molecule has 0 aromatic rings. The molecule has 0 saturated carbocycles. The zero-order valence-corrected chi connectivity index (χ0v) is 12.0. The molecule has 106 valence electrons. The molecule has 1 saturated heterocycles. The Bertz CT molecular complexity index is 251. The van der Waals surface area contributed by atoms with Gasteiger partial charge in [-0.25, -0.2) is 0 Å². The quantitative estimate of drug-likeness (QED) is 0.695. The van der Waals surface area contributed by atoms with Crippen LogP contribution < -0.4 is 11.1 Å². The average molecular weight is 256 g/mol. The lowest BCUT2D eigenvalue weighted by molar-refractivity contribution is -0.123. The molecule has 0 bridgehead atoms. The van der Waals surface area contributed by atoms with Gasteiger partial charge in [0.2, 0.25) is 5.91 Å². The fourth-order valence-corrected chi connectivity index (χ4v) is 2.14. The van der Waals surface area contributed by atoms with Crippen LogP contribution in [0.5, 0.6) is 0 Å². The number of rotatable bonds is 6. The van der Waals surface area contributed by atoms with Crippen LogP contribution in [0.3, 0.4) is 0 Å². The maximum Gasteiger partial charge on any atom is 0.234 e. The number of hydrogen-bond acceptors (Lipinski definition) is 4. The highest BCUT2D eigenvalue weighted by Gasteiger charge is 2.21. The number of hydrogen-bond donors (Lipinski definition) is 2. The van der Waals surface area contributed by atoms with Gasteiger partial charge in [-0.15, -0.1) is 0 Å². The highest BCUT2D eigenvalue weighted by Crippen LogP contribution is 2.05. The zero-order chi connectivity index (χ0) is 13.5. The van der Waals surface area contributed by atoms with Crippen LogP contribution in [-0.2, 0) is 4.79 Å². The van der Waals surface area contributed by atoms with Crippen molar-refractivity contribution in [3.8, 4) is 0 Å². The minimum atomic E-state index is 0.143. The van der Waals surface area contributed by atoms with E-state index in [4.69, 9.17) is 5.73 Å². The van der Waals surface area contributed by atoms with Crippen LogP contribution in [0.4, 0.5) is 0 Å². The van der Waals surface area contributed by atoms with Gasteiger partial charge < -0.3 is 11.1 Å².